The molecule has 0 radical (unpaired) electrons. The SMILES string of the molecule is C=C[C@@H]1C[C@]1(NC(=O)[C@@H]1C[C@@H]2CN1C(=O)[C@H](C(C)(C)C)NC(=O)CCCC/C=C/c1cccc3c1CN(C3)C(=O)O2)C(=O)NS(=O)(=O)C1CC1. The van der Waals surface area contributed by atoms with Crippen molar-refractivity contribution in [3.8, 4) is 0 Å². The molecule has 270 valence electrons. The summed E-state index contributed by atoms with van der Waals surface area (Å²) in [6.45, 7) is 9.80. The second-order valence-electron chi connectivity index (χ2n) is 15.3. The molecule has 2 saturated carbocycles. The van der Waals surface area contributed by atoms with Crippen molar-refractivity contribution in [2.24, 2.45) is 11.3 Å². The summed E-state index contributed by atoms with van der Waals surface area (Å²) in [4.78, 5) is 71.5. The van der Waals surface area contributed by atoms with Gasteiger partial charge in [0.15, 0.2) is 0 Å². The Hall–Kier alpha value is -4.20. The van der Waals surface area contributed by atoms with E-state index < -0.39 is 74.1 Å². The number of nitrogens with zero attached hydrogens (tertiary/aromatic N) is 2. The lowest BCUT2D eigenvalue weighted by Gasteiger charge is -2.35. The Bertz CT molecular complexity index is 1730. The molecule has 5 amide bonds. The number of fused-ring (bicyclic) bond motifs is 3. The van der Waals surface area contributed by atoms with E-state index in [-0.39, 0.29) is 31.7 Å². The van der Waals surface area contributed by atoms with Crippen LogP contribution in [0.15, 0.2) is 36.9 Å². The first-order valence-corrected chi connectivity index (χ1v) is 19.0. The van der Waals surface area contributed by atoms with Crippen LogP contribution in [0.25, 0.3) is 6.08 Å². The Balaban J connectivity index is 1.27. The third-order valence-corrected chi connectivity index (χ3v) is 12.2. The molecular formula is C36H47N5O8S. The Morgan fingerprint density at radius 1 is 1.12 bits per heavy atom. The van der Waals surface area contributed by atoms with Crippen molar-refractivity contribution in [3.63, 3.8) is 0 Å². The molecule has 3 N–H and O–H groups in total. The van der Waals surface area contributed by atoms with E-state index in [1.807, 2.05) is 45.0 Å². The lowest BCUT2D eigenvalue weighted by Crippen LogP contribution is -2.60. The van der Waals surface area contributed by atoms with E-state index in [0.29, 0.717) is 32.4 Å². The highest BCUT2D eigenvalue weighted by Gasteiger charge is 2.62. The molecule has 1 saturated heterocycles. The summed E-state index contributed by atoms with van der Waals surface area (Å²) in [5, 5.41) is 5.01. The molecule has 3 fully saturated rings. The largest absolute Gasteiger partial charge is 0.444 e. The number of nitrogens with one attached hydrogen (secondary N) is 3. The number of hydrogen-bond acceptors (Lipinski definition) is 8. The number of rotatable bonds is 6. The van der Waals surface area contributed by atoms with Gasteiger partial charge in [0.25, 0.3) is 5.91 Å². The maximum Gasteiger partial charge on any atom is 0.410 e. The zero-order valence-corrected chi connectivity index (χ0v) is 29.7. The average molecular weight is 710 g/mol. The minimum atomic E-state index is -3.89. The van der Waals surface area contributed by atoms with E-state index >= 15 is 0 Å². The second kappa shape index (κ2) is 13.5. The Labute approximate surface area is 293 Å². The van der Waals surface area contributed by atoms with Crippen LogP contribution in [-0.2, 0) is 47.0 Å². The van der Waals surface area contributed by atoms with Crippen molar-refractivity contribution in [1.82, 2.24) is 25.2 Å². The molecule has 4 bridgehead atoms. The molecular weight excluding hydrogens is 662 g/mol. The lowest BCUT2D eigenvalue weighted by atomic mass is 9.85. The van der Waals surface area contributed by atoms with Gasteiger partial charge in [0.05, 0.1) is 18.3 Å². The van der Waals surface area contributed by atoms with E-state index in [1.54, 1.807) is 4.90 Å². The maximum absolute atomic E-state index is 14.4. The Morgan fingerprint density at radius 3 is 2.56 bits per heavy atom. The Kier molecular flexibility index (Phi) is 9.61. The third-order valence-electron chi connectivity index (χ3n) is 10.4. The highest BCUT2D eigenvalue weighted by atomic mass is 32.2. The quantitative estimate of drug-likeness (QED) is 0.379. The Morgan fingerprint density at radius 2 is 1.88 bits per heavy atom. The molecule has 3 aliphatic heterocycles. The number of ether oxygens (including phenoxy) is 1. The van der Waals surface area contributed by atoms with Gasteiger partial charge in [-0.1, -0.05) is 57.2 Å². The molecule has 0 aromatic heterocycles. The molecule has 0 unspecified atom stereocenters. The standard InChI is InChI=1S/C36H47N5O8S/c1-5-24-18-36(24,33(45)39-50(47,48)26-15-16-26)38-31(43)28-17-25-20-41(28)32(44)30(35(2,3)4)37-29(42)14-9-7-6-8-11-22-12-10-13-23-19-40(21-27(22)23)34(46)49-25/h5,8,10-13,24-26,28,30H,1,6-7,9,14-21H2,2-4H3,(H,37,42)(H,38,43)(H,39,45)/b11-8+/t24-,25-,28+,30-,36-/m1/s1. The van der Waals surface area contributed by atoms with E-state index in [4.69, 9.17) is 4.74 Å². The van der Waals surface area contributed by atoms with Crippen molar-refractivity contribution in [1.29, 1.82) is 0 Å². The number of sulfonamides is 1. The fourth-order valence-electron chi connectivity index (χ4n) is 7.15. The summed E-state index contributed by atoms with van der Waals surface area (Å²) in [6, 6.07) is 3.75. The van der Waals surface area contributed by atoms with Crippen LogP contribution in [-0.4, -0.2) is 83.5 Å². The second-order valence-corrected chi connectivity index (χ2v) is 17.2. The van der Waals surface area contributed by atoms with Crippen LogP contribution in [0.2, 0.25) is 0 Å². The van der Waals surface area contributed by atoms with Crippen molar-refractivity contribution in [2.45, 2.75) is 114 Å². The molecule has 50 heavy (non-hydrogen) atoms. The minimum Gasteiger partial charge on any atom is -0.444 e. The fourth-order valence-corrected chi connectivity index (χ4v) is 8.51. The van der Waals surface area contributed by atoms with Gasteiger partial charge in [0, 0.05) is 25.3 Å². The highest BCUT2D eigenvalue weighted by Crippen LogP contribution is 2.45. The van der Waals surface area contributed by atoms with Crippen LogP contribution >= 0.6 is 0 Å². The molecule has 6 rings (SSSR count). The van der Waals surface area contributed by atoms with Crippen molar-refractivity contribution >= 4 is 45.8 Å². The molecule has 13 nitrogen and oxygen atoms in total. The van der Waals surface area contributed by atoms with Gasteiger partial charge in [-0.05, 0) is 60.6 Å². The molecule has 14 heteroatoms. The number of carbonyl (C=O) groups excluding carboxylic acids is 5. The molecule has 1 aromatic carbocycles. The molecule has 2 aliphatic carbocycles. The van der Waals surface area contributed by atoms with E-state index in [9.17, 15) is 32.4 Å². The first kappa shape index (κ1) is 35.6. The van der Waals surface area contributed by atoms with E-state index in [2.05, 4.69) is 28.0 Å². The van der Waals surface area contributed by atoms with Crippen LogP contribution in [0.1, 0.15) is 88.8 Å². The molecule has 0 spiro atoms. The third kappa shape index (κ3) is 7.31. The molecule has 3 heterocycles. The number of hydrogen-bond donors (Lipinski definition) is 3. The molecule has 5 atom stereocenters. The van der Waals surface area contributed by atoms with Gasteiger partial charge in [0.2, 0.25) is 27.7 Å². The first-order valence-electron chi connectivity index (χ1n) is 17.5. The predicted octanol–water partition coefficient (Wildman–Crippen LogP) is 2.90. The number of carbonyl (C=O) groups is 5. The van der Waals surface area contributed by atoms with Gasteiger partial charge in [-0.3, -0.25) is 28.8 Å². The fraction of sp³-hybridized carbons (Fsp3) is 0.583. The van der Waals surface area contributed by atoms with Gasteiger partial charge >= 0.3 is 6.09 Å². The normalized spacial score (nSPS) is 29.5. The zero-order chi connectivity index (χ0) is 36.0. The van der Waals surface area contributed by atoms with E-state index in [1.165, 1.54) is 11.0 Å². The minimum absolute atomic E-state index is 0.0558. The predicted molar refractivity (Wildman–Crippen MR) is 184 cm³/mol. The van der Waals surface area contributed by atoms with Crippen molar-refractivity contribution in [3.05, 3.63) is 53.6 Å². The van der Waals surface area contributed by atoms with Crippen molar-refractivity contribution < 1.29 is 37.1 Å². The monoisotopic (exact) mass is 709 g/mol. The van der Waals surface area contributed by atoms with Crippen LogP contribution < -0.4 is 15.4 Å². The average Bonchev–Trinajstić information content (AvgIpc) is 3.94. The van der Waals surface area contributed by atoms with Gasteiger partial charge in [-0.2, -0.15) is 0 Å². The van der Waals surface area contributed by atoms with Crippen LogP contribution in [0.5, 0.6) is 0 Å². The van der Waals surface area contributed by atoms with Crippen LogP contribution in [0, 0.1) is 11.3 Å². The van der Waals surface area contributed by atoms with Gasteiger partial charge < -0.3 is 20.3 Å². The van der Waals surface area contributed by atoms with Crippen LogP contribution in [0.4, 0.5) is 4.79 Å². The smallest absolute Gasteiger partial charge is 0.410 e. The van der Waals surface area contributed by atoms with Gasteiger partial charge in [0.1, 0.15) is 23.7 Å². The zero-order valence-electron chi connectivity index (χ0n) is 28.9. The summed E-state index contributed by atoms with van der Waals surface area (Å²) in [5.74, 6) is -2.87. The highest BCUT2D eigenvalue weighted by molar-refractivity contribution is 7.91. The summed E-state index contributed by atoms with van der Waals surface area (Å²) >= 11 is 0. The molecule has 5 aliphatic rings. The number of benzene rings is 1. The van der Waals surface area contributed by atoms with E-state index in [0.717, 1.165) is 29.5 Å². The summed E-state index contributed by atoms with van der Waals surface area (Å²) in [6.07, 6.45) is 7.52. The molecule has 1 aromatic rings. The summed E-state index contributed by atoms with van der Waals surface area (Å²) < 4.78 is 33.4. The van der Waals surface area contributed by atoms with Gasteiger partial charge in [-0.25, -0.2) is 13.2 Å². The topological polar surface area (TPSA) is 171 Å². The lowest BCUT2D eigenvalue weighted by molar-refractivity contribution is -0.144. The first-order chi connectivity index (χ1) is 23.6. The number of allylic oxidation sites excluding steroid dienone is 1. The summed E-state index contributed by atoms with van der Waals surface area (Å²) in [7, 11) is -3.89. The van der Waals surface area contributed by atoms with Crippen LogP contribution in [0.3, 0.4) is 0 Å². The number of amides is 5. The van der Waals surface area contributed by atoms with Crippen molar-refractivity contribution in [2.75, 3.05) is 6.54 Å². The summed E-state index contributed by atoms with van der Waals surface area (Å²) in [5.41, 5.74) is 0.749. The maximum atomic E-state index is 14.4. The van der Waals surface area contributed by atoms with Gasteiger partial charge in [-0.15, -0.1) is 6.58 Å².